The van der Waals surface area contributed by atoms with Gasteiger partial charge in [0.15, 0.2) is 0 Å². The van der Waals surface area contributed by atoms with Crippen molar-refractivity contribution in [1.29, 1.82) is 5.41 Å². The lowest BCUT2D eigenvalue weighted by atomic mass is 9.95. The molecule has 14 heteroatoms. The van der Waals surface area contributed by atoms with Crippen LogP contribution < -0.4 is 5.32 Å². The van der Waals surface area contributed by atoms with Gasteiger partial charge in [-0.05, 0) is 32.6 Å². The van der Waals surface area contributed by atoms with E-state index in [-0.39, 0.29) is 30.8 Å². The average molecular weight is 447 g/mol. The highest BCUT2D eigenvalue weighted by atomic mass is 32.3. The Labute approximate surface area is 173 Å². The minimum atomic E-state index is -4.85. The van der Waals surface area contributed by atoms with E-state index in [1.165, 1.54) is 9.80 Å². The predicted octanol–water partition coefficient (Wildman–Crippen LogP) is -0.0486. The van der Waals surface area contributed by atoms with E-state index in [2.05, 4.69) is 9.60 Å². The van der Waals surface area contributed by atoms with Crippen LogP contribution in [0.2, 0.25) is 0 Å². The minimum Gasteiger partial charge on any atom is -0.450 e. The topological polar surface area (TPSA) is 170 Å². The van der Waals surface area contributed by atoms with Crippen LogP contribution in [0.4, 0.5) is 9.59 Å². The van der Waals surface area contributed by atoms with E-state index in [1.807, 2.05) is 0 Å². The molecule has 13 nitrogen and oxygen atoms in total. The predicted molar refractivity (Wildman–Crippen MR) is 101 cm³/mol. The number of piperidine rings is 2. The van der Waals surface area contributed by atoms with Crippen molar-refractivity contribution >= 4 is 34.3 Å². The number of nitrogens with one attached hydrogen (secondary N) is 2. The summed E-state index contributed by atoms with van der Waals surface area (Å²) in [6.45, 7) is 2.87. The first kappa shape index (κ1) is 22.2. The molecule has 0 radical (unpaired) electrons. The quantitative estimate of drug-likeness (QED) is 0.299. The molecule has 0 aliphatic carbocycles. The first-order valence-electron chi connectivity index (χ1n) is 9.68. The van der Waals surface area contributed by atoms with Gasteiger partial charge in [-0.1, -0.05) is 0 Å². The summed E-state index contributed by atoms with van der Waals surface area (Å²) >= 11 is 0. The Morgan fingerprint density at radius 1 is 1.23 bits per heavy atom. The maximum atomic E-state index is 12.6. The van der Waals surface area contributed by atoms with Crippen molar-refractivity contribution in [3.8, 4) is 0 Å². The summed E-state index contributed by atoms with van der Waals surface area (Å²) < 4.78 is 40.0. The van der Waals surface area contributed by atoms with Crippen molar-refractivity contribution in [3.05, 3.63) is 0 Å². The maximum absolute atomic E-state index is 12.6. The summed E-state index contributed by atoms with van der Waals surface area (Å²) in [4.78, 5) is 39.5. The molecule has 3 heterocycles. The van der Waals surface area contributed by atoms with Crippen LogP contribution in [0, 0.1) is 11.3 Å². The number of urea groups is 1. The number of carbonyl (C=O) groups excluding carboxylic acids is 3. The Bertz CT molecular complexity index is 825. The molecule has 3 aliphatic heterocycles. The Kier molecular flexibility index (Phi) is 6.47. The van der Waals surface area contributed by atoms with Gasteiger partial charge < -0.3 is 19.9 Å². The standard InChI is InChI=1S/C16H25N5O8S/c1-2-28-16(24)19-7-5-10(6-8-19)14(22)18-13(17)12-4-3-11-9-20(12)15(23)21(11)29-30(25,26)27/h10-12H,2-9H2,1H3,(H2,17,18,22)(H,25,26,27)/t11-,12+/m1/s1. The van der Waals surface area contributed by atoms with Crippen LogP contribution in [0.1, 0.15) is 32.6 Å². The smallest absolute Gasteiger partial charge is 0.418 e. The molecule has 4 amide bonds. The van der Waals surface area contributed by atoms with E-state index in [4.69, 9.17) is 14.7 Å². The maximum Gasteiger partial charge on any atom is 0.418 e. The molecule has 0 unspecified atom stereocenters. The highest BCUT2D eigenvalue weighted by molar-refractivity contribution is 7.80. The zero-order valence-corrected chi connectivity index (χ0v) is 17.3. The van der Waals surface area contributed by atoms with Crippen LogP contribution in [0.25, 0.3) is 0 Å². The number of amides is 4. The van der Waals surface area contributed by atoms with Gasteiger partial charge in [-0.25, -0.2) is 9.59 Å². The number of hydrogen-bond donors (Lipinski definition) is 3. The molecule has 3 aliphatic rings. The zero-order chi connectivity index (χ0) is 22.1. The van der Waals surface area contributed by atoms with Gasteiger partial charge in [-0.2, -0.15) is 13.5 Å². The summed E-state index contributed by atoms with van der Waals surface area (Å²) in [5, 5.41) is 11.4. The zero-order valence-electron chi connectivity index (χ0n) is 16.4. The van der Waals surface area contributed by atoms with Crippen LogP contribution in [0.3, 0.4) is 0 Å². The molecule has 3 N–H and O–H groups in total. The van der Waals surface area contributed by atoms with Gasteiger partial charge in [-0.3, -0.25) is 14.8 Å². The Morgan fingerprint density at radius 3 is 2.50 bits per heavy atom. The molecule has 0 saturated carbocycles. The van der Waals surface area contributed by atoms with Crippen molar-refractivity contribution in [1.82, 2.24) is 20.2 Å². The number of carbonyl (C=O) groups is 3. The molecule has 2 atom stereocenters. The van der Waals surface area contributed by atoms with Gasteiger partial charge in [0.2, 0.25) is 5.91 Å². The number of ether oxygens (including phenoxy) is 1. The van der Waals surface area contributed by atoms with Crippen LogP contribution in [-0.4, -0.2) is 90.0 Å². The Balaban J connectivity index is 1.54. The van der Waals surface area contributed by atoms with Crippen molar-refractivity contribution < 1.29 is 36.4 Å². The van der Waals surface area contributed by atoms with E-state index < -0.39 is 34.6 Å². The Hall–Kier alpha value is -2.45. The lowest BCUT2D eigenvalue weighted by Gasteiger charge is -2.33. The fraction of sp³-hybridized carbons (Fsp3) is 0.750. The summed E-state index contributed by atoms with van der Waals surface area (Å²) in [5.41, 5.74) is 0. The second-order valence-electron chi connectivity index (χ2n) is 7.37. The number of rotatable bonds is 5. The van der Waals surface area contributed by atoms with E-state index in [1.54, 1.807) is 6.92 Å². The highest BCUT2D eigenvalue weighted by Crippen LogP contribution is 2.31. The molecular formula is C16H25N5O8S. The molecule has 0 spiro atoms. The van der Waals surface area contributed by atoms with Gasteiger partial charge in [0.1, 0.15) is 5.84 Å². The molecule has 3 rings (SSSR count). The molecular weight excluding hydrogens is 422 g/mol. The fourth-order valence-electron chi connectivity index (χ4n) is 3.99. The number of hydrogen-bond acceptors (Lipinski definition) is 8. The van der Waals surface area contributed by atoms with Crippen LogP contribution in [-0.2, 0) is 24.2 Å². The molecule has 0 aromatic heterocycles. The summed E-state index contributed by atoms with van der Waals surface area (Å²) in [7, 11) is -4.85. The minimum absolute atomic E-state index is 0.120. The molecule has 3 fully saturated rings. The summed E-state index contributed by atoms with van der Waals surface area (Å²) in [6.07, 6.45) is 1.14. The van der Waals surface area contributed by atoms with Crippen molar-refractivity contribution in [3.63, 3.8) is 0 Å². The second kappa shape index (κ2) is 8.73. The fourth-order valence-corrected chi connectivity index (χ4v) is 4.38. The van der Waals surface area contributed by atoms with Crippen molar-refractivity contribution in [2.75, 3.05) is 26.2 Å². The molecule has 0 aromatic rings. The lowest BCUT2D eigenvalue weighted by molar-refractivity contribution is -0.125. The highest BCUT2D eigenvalue weighted by Gasteiger charge is 2.48. The monoisotopic (exact) mass is 447 g/mol. The number of nitrogens with zero attached hydrogens (tertiary/aromatic N) is 3. The van der Waals surface area contributed by atoms with Gasteiger partial charge in [0, 0.05) is 25.6 Å². The third-order valence-electron chi connectivity index (χ3n) is 5.48. The average Bonchev–Trinajstić information content (AvgIpc) is 2.91. The number of hydroxylamine groups is 2. The summed E-state index contributed by atoms with van der Waals surface area (Å²) in [5.74, 6) is -0.891. The first-order valence-corrected chi connectivity index (χ1v) is 11.0. The van der Waals surface area contributed by atoms with Gasteiger partial charge in [0.25, 0.3) is 0 Å². The SMILES string of the molecule is CCOC(=O)N1CCC(C(=O)NC(=N)[C@@H]2CC[C@@H]3CN2C(=O)N3OS(=O)(=O)O)CC1. The number of amidine groups is 1. The molecule has 0 aromatic carbocycles. The van der Waals surface area contributed by atoms with Crippen LogP contribution >= 0.6 is 0 Å². The van der Waals surface area contributed by atoms with E-state index in [0.717, 1.165) is 0 Å². The number of likely N-dealkylation sites (tertiary alicyclic amines) is 1. The third-order valence-corrected chi connectivity index (χ3v) is 5.83. The molecule has 168 valence electrons. The van der Waals surface area contributed by atoms with E-state index in [0.29, 0.717) is 43.8 Å². The Morgan fingerprint density at radius 2 is 1.90 bits per heavy atom. The summed E-state index contributed by atoms with van der Waals surface area (Å²) in [6, 6.07) is -2.08. The largest absolute Gasteiger partial charge is 0.450 e. The first-order chi connectivity index (χ1) is 14.1. The van der Waals surface area contributed by atoms with Crippen molar-refractivity contribution in [2.24, 2.45) is 5.92 Å². The van der Waals surface area contributed by atoms with Gasteiger partial charge >= 0.3 is 22.5 Å². The van der Waals surface area contributed by atoms with E-state index >= 15 is 0 Å². The molecule has 30 heavy (non-hydrogen) atoms. The second-order valence-corrected chi connectivity index (χ2v) is 8.38. The lowest BCUT2D eigenvalue weighted by Crippen LogP contribution is -2.52. The normalized spacial score (nSPS) is 24.7. The van der Waals surface area contributed by atoms with E-state index in [9.17, 15) is 22.8 Å². The third kappa shape index (κ3) is 4.82. The van der Waals surface area contributed by atoms with Crippen molar-refractivity contribution in [2.45, 2.75) is 44.7 Å². The van der Waals surface area contributed by atoms with Gasteiger partial charge in [-0.15, -0.1) is 4.28 Å². The molecule has 3 saturated heterocycles. The molecule has 2 bridgehead atoms. The van der Waals surface area contributed by atoms with Gasteiger partial charge in [0.05, 0.1) is 18.7 Å². The number of fused-ring (bicyclic) bond motifs is 2. The van der Waals surface area contributed by atoms with Crippen LogP contribution in [0.5, 0.6) is 0 Å². The van der Waals surface area contributed by atoms with Crippen LogP contribution in [0.15, 0.2) is 0 Å².